The number of amides is 1. The fraction of sp³-hybridized carbons (Fsp3) is 0.600. The van der Waals surface area contributed by atoms with E-state index in [4.69, 9.17) is 10.5 Å². The van der Waals surface area contributed by atoms with Crippen LogP contribution in [0.1, 0.15) is 33.2 Å². The van der Waals surface area contributed by atoms with Crippen LogP contribution in [0.5, 0.6) is 0 Å². The molecule has 136 valence electrons. The van der Waals surface area contributed by atoms with Gasteiger partial charge in [-0.3, -0.25) is 0 Å². The van der Waals surface area contributed by atoms with Gasteiger partial charge in [-0.15, -0.1) is 0 Å². The summed E-state index contributed by atoms with van der Waals surface area (Å²) in [5.41, 5.74) is 6.00. The van der Waals surface area contributed by atoms with Crippen LogP contribution in [0.2, 0.25) is 0 Å². The van der Waals surface area contributed by atoms with Crippen molar-refractivity contribution in [1.82, 2.24) is 24.8 Å². The van der Waals surface area contributed by atoms with Crippen molar-refractivity contribution in [3.05, 3.63) is 12.7 Å². The number of imidazole rings is 1. The van der Waals surface area contributed by atoms with Gasteiger partial charge in [0, 0.05) is 0 Å². The summed E-state index contributed by atoms with van der Waals surface area (Å²) in [5, 5.41) is 23.3. The number of aliphatic hydroxyl groups excluding tert-OH is 2. The molecule has 0 bridgehead atoms. The Bertz CT molecular complexity index is 786. The molecule has 5 N–H and O–H groups in total. The van der Waals surface area contributed by atoms with E-state index in [1.165, 1.54) is 12.7 Å². The number of carbonyl (C=O) groups is 1. The predicted molar refractivity (Wildman–Crippen MR) is 88.6 cm³/mol. The second-order valence-electron chi connectivity index (χ2n) is 7.12. The highest BCUT2D eigenvalue weighted by Gasteiger charge is 2.44. The summed E-state index contributed by atoms with van der Waals surface area (Å²) < 4.78 is 6.83. The lowest BCUT2D eigenvalue weighted by atomic mass is 10.2. The third-order valence-electron chi connectivity index (χ3n) is 4.10. The van der Waals surface area contributed by atoms with Gasteiger partial charge in [-0.1, -0.05) is 0 Å². The largest absolute Gasteiger partial charge is 0.444 e. The standard InChI is InChI=1S/C15H22N6O4/c1-15(2,3)25-14(24)20-7-4-8(11(23)10(7)22)21-6-19-9-12(16)17-5-18-13(9)21/h5-8,10-11,22-23H,4H2,1-3H3,(H,20,24)(H2,16,17,18)/t7-,8+,10-,11+/m1/s1. The third kappa shape index (κ3) is 3.35. The van der Waals surface area contributed by atoms with E-state index in [1.54, 1.807) is 25.3 Å². The number of nitrogens with zero attached hydrogens (tertiary/aromatic N) is 4. The van der Waals surface area contributed by atoms with Gasteiger partial charge in [-0.25, -0.2) is 19.7 Å². The molecule has 2 aromatic rings. The van der Waals surface area contributed by atoms with Gasteiger partial charge in [0.05, 0.1) is 18.4 Å². The molecule has 2 aromatic heterocycles. The molecule has 10 heteroatoms. The molecule has 0 radical (unpaired) electrons. The number of nitrogens with one attached hydrogen (secondary N) is 1. The average molecular weight is 350 g/mol. The summed E-state index contributed by atoms with van der Waals surface area (Å²) >= 11 is 0. The van der Waals surface area contributed by atoms with E-state index in [1.807, 2.05) is 0 Å². The number of hydrogen-bond acceptors (Lipinski definition) is 8. The van der Waals surface area contributed by atoms with Crippen molar-refractivity contribution < 1.29 is 19.7 Å². The van der Waals surface area contributed by atoms with E-state index >= 15 is 0 Å². The van der Waals surface area contributed by atoms with Crippen LogP contribution in [0.25, 0.3) is 11.2 Å². The Hall–Kier alpha value is -2.46. The number of nitrogen functional groups attached to an aromatic ring is 1. The molecule has 25 heavy (non-hydrogen) atoms. The molecule has 1 fully saturated rings. The second kappa shape index (κ2) is 6.12. The number of nitrogens with two attached hydrogens (primary N) is 1. The van der Waals surface area contributed by atoms with Crippen LogP contribution in [-0.4, -0.2) is 59.7 Å². The van der Waals surface area contributed by atoms with E-state index in [9.17, 15) is 15.0 Å². The SMILES string of the molecule is CC(C)(C)OC(=O)N[C@@H]1C[C@H](n2cnc3c(N)ncnc32)[C@H](O)[C@@H]1O. The minimum absolute atomic E-state index is 0.236. The number of alkyl carbamates (subject to hydrolysis) is 1. The Morgan fingerprint density at radius 1 is 1.32 bits per heavy atom. The van der Waals surface area contributed by atoms with E-state index in [2.05, 4.69) is 20.3 Å². The van der Waals surface area contributed by atoms with Gasteiger partial charge >= 0.3 is 6.09 Å². The first-order valence-corrected chi connectivity index (χ1v) is 7.96. The Kier molecular flexibility index (Phi) is 4.25. The van der Waals surface area contributed by atoms with Crippen molar-refractivity contribution in [1.29, 1.82) is 0 Å². The van der Waals surface area contributed by atoms with Crippen molar-refractivity contribution in [2.45, 2.75) is 57.1 Å². The third-order valence-corrected chi connectivity index (χ3v) is 4.10. The number of ether oxygens (including phenoxy) is 1. The second-order valence-corrected chi connectivity index (χ2v) is 7.12. The quantitative estimate of drug-likeness (QED) is 0.590. The summed E-state index contributed by atoms with van der Waals surface area (Å²) in [7, 11) is 0. The fourth-order valence-electron chi connectivity index (χ4n) is 3.00. The Balaban J connectivity index is 1.80. The van der Waals surface area contributed by atoms with Crippen LogP contribution >= 0.6 is 0 Å². The molecular formula is C15H22N6O4. The molecule has 1 saturated carbocycles. The Morgan fingerprint density at radius 3 is 2.72 bits per heavy atom. The summed E-state index contributed by atoms with van der Waals surface area (Å²) in [4.78, 5) is 24.1. The van der Waals surface area contributed by atoms with Crippen molar-refractivity contribution in [3.63, 3.8) is 0 Å². The van der Waals surface area contributed by atoms with E-state index in [0.717, 1.165) is 0 Å². The maximum atomic E-state index is 11.9. The molecule has 0 unspecified atom stereocenters. The first kappa shape index (κ1) is 17.4. The highest BCUT2D eigenvalue weighted by Crippen LogP contribution is 2.33. The minimum Gasteiger partial charge on any atom is -0.444 e. The first-order valence-electron chi connectivity index (χ1n) is 7.96. The van der Waals surface area contributed by atoms with Gasteiger partial charge in [-0.05, 0) is 27.2 Å². The van der Waals surface area contributed by atoms with Crippen LogP contribution < -0.4 is 11.1 Å². The zero-order chi connectivity index (χ0) is 18.4. The number of carbonyl (C=O) groups excluding carboxylic acids is 1. The molecule has 2 heterocycles. The number of aliphatic hydroxyl groups is 2. The molecule has 0 spiro atoms. The molecule has 1 aliphatic carbocycles. The summed E-state index contributed by atoms with van der Waals surface area (Å²) in [6.45, 7) is 5.24. The van der Waals surface area contributed by atoms with E-state index in [-0.39, 0.29) is 12.2 Å². The zero-order valence-corrected chi connectivity index (χ0v) is 14.2. The fourth-order valence-corrected chi connectivity index (χ4v) is 3.00. The van der Waals surface area contributed by atoms with Crippen molar-refractivity contribution >= 4 is 23.1 Å². The lowest BCUT2D eigenvalue weighted by Gasteiger charge is -2.23. The van der Waals surface area contributed by atoms with E-state index in [0.29, 0.717) is 11.2 Å². The smallest absolute Gasteiger partial charge is 0.407 e. The number of aromatic nitrogens is 4. The highest BCUT2D eigenvalue weighted by molar-refractivity contribution is 5.81. The van der Waals surface area contributed by atoms with Crippen LogP contribution in [0, 0.1) is 0 Å². The summed E-state index contributed by atoms with van der Waals surface area (Å²) in [6.07, 6.45) is 0.196. The van der Waals surface area contributed by atoms with Crippen molar-refractivity contribution in [3.8, 4) is 0 Å². The van der Waals surface area contributed by atoms with Gasteiger partial charge in [-0.2, -0.15) is 0 Å². The lowest BCUT2D eigenvalue weighted by molar-refractivity contribution is 0.00906. The van der Waals surface area contributed by atoms with Crippen LogP contribution in [0.4, 0.5) is 10.6 Å². The Labute approximate surface area is 144 Å². The molecule has 0 aliphatic heterocycles. The molecular weight excluding hydrogens is 328 g/mol. The van der Waals surface area contributed by atoms with Gasteiger partial charge in [0.2, 0.25) is 0 Å². The number of anilines is 1. The molecule has 4 atom stereocenters. The van der Waals surface area contributed by atoms with Crippen LogP contribution in [-0.2, 0) is 4.74 Å². The molecule has 10 nitrogen and oxygen atoms in total. The first-order chi connectivity index (χ1) is 11.7. The predicted octanol–water partition coefficient (Wildman–Crippen LogP) is -0.0316. The number of rotatable bonds is 2. The number of fused-ring (bicyclic) bond motifs is 1. The molecule has 0 saturated heterocycles. The lowest BCUT2D eigenvalue weighted by Crippen LogP contribution is -2.45. The van der Waals surface area contributed by atoms with E-state index < -0.39 is 36.0 Å². The van der Waals surface area contributed by atoms with Crippen molar-refractivity contribution in [2.24, 2.45) is 0 Å². The number of hydrogen-bond donors (Lipinski definition) is 4. The minimum atomic E-state index is -1.14. The van der Waals surface area contributed by atoms with Gasteiger partial charge in [0.15, 0.2) is 11.5 Å². The molecule has 1 aliphatic rings. The topological polar surface area (TPSA) is 148 Å². The zero-order valence-electron chi connectivity index (χ0n) is 14.2. The summed E-state index contributed by atoms with van der Waals surface area (Å²) in [5.74, 6) is 0.236. The van der Waals surface area contributed by atoms with Gasteiger partial charge in [0.25, 0.3) is 0 Å². The summed E-state index contributed by atoms with van der Waals surface area (Å²) in [6, 6.07) is -1.18. The maximum Gasteiger partial charge on any atom is 0.407 e. The van der Waals surface area contributed by atoms with Gasteiger partial charge < -0.3 is 30.6 Å². The van der Waals surface area contributed by atoms with Crippen LogP contribution in [0.3, 0.4) is 0 Å². The van der Waals surface area contributed by atoms with Gasteiger partial charge in [0.1, 0.15) is 29.7 Å². The molecule has 0 aromatic carbocycles. The normalized spacial score (nSPS) is 26.8. The van der Waals surface area contributed by atoms with Crippen molar-refractivity contribution in [2.75, 3.05) is 5.73 Å². The molecule has 1 amide bonds. The van der Waals surface area contributed by atoms with Crippen LogP contribution in [0.15, 0.2) is 12.7 Å². The highest BCUT2D eigenvalue weighted by atomic mass is 16.6. The monoisotopic (exact) mass is 350 g/mol. The maximum absolute atomic E-state index is 11.9. The Morgan fingerprint density at radius 2 is 2.04 bits per heavy atom. The average Bonchev–Trinajstić information content (AvgIpc) is 3.03. The molecule has 3 rings (SSSR count).